The summed E-state index contributed by atoms with van der Waals surface area (Å²) in [6.07, 6.45) is 0.372. The number of esters is 2. The highest BCUT2D eigenvalue weighted by molar-refractivity contribution is 6.08. The molecule has 1 aliphatic rings. The van der Waals surface area contributed by atoms with Gasteiger partial charge < -0.3 is 9.47 Å². The lowest BCUT2D eigenvalue weighted by atomic mass is 9.90. The summed E-state index contributed by atoms with van der Waals surface area (Å²) in [5.41, 5.74) is 0.947. The van der Waals surface area contributed by atoms with Gasteiger partial charge in [0.2, 0.25) is 0 Å². The van der Waals surface area contributed by atoms with Crippen LogP contribution in [0.25, 0.3) is 11.1 Å². The van der Waals surface area contributed by atoms with Gasteiger partial charge in [-0.2, -0.15) is 0 Å². The molecule has 0 unspecified atom stereocenters. The molecule has 0 radical (unpaired) electrons. The number of nitrogens with zero attached hydrogens (tertiary/aromatic N) is 2. The van der Waals surface area contributed by atoms with Crippen molar-refractivity contribution in [2.75, 3.05) is 13.7 Å². The van der Waals surface area contributed by atoms with Crippen molar-refractivity contribution in [1.82, 2.24) is 4.98 Å². The van der Waals surface area contributed by atoms with Crippen molar-refractivity contribution >= 4 is 17.6 Å². The van der Waals surface area contributed by atoms with Crippen LogP contribution in [0.15, 0.2) is 24.3 Å². The van der Waals surface area contributed by atoms with Crippen molar-refractivity contribution in [3.8, 4) is 11.1 Å². The van der Waals surface area contributed by atoms with Gasteiger partial charge in [-0.05, 0) is 13.0 Å². The monoisotopic (exact) mass is 342 g/mol. The number of ether oxygens (including phenoxy) is 2. The van der Waals surface area contributed by atoms with Gasteiger partial charge in [0.15, 0.2) is 0 Å². The van der Waals surface area contributed by atoms with Gasteiger partial charge in [-0.3, -0.25) is 15.1 Å². The number of aryl methyl sites for hydroxylation is 1. The van der Waals surface area contributed by atoms with Crippen molar-refractivity contribution in [3.63, 3.8) is 0 Å². The SMILES string of the molecule is COC(=O)c1c(C)nc2c(c1-c1ccccc1[N+](=O)[O-])C(=O)OCC2. The standard InChI is InChI=1S/C17H14N2O6/c1-9-13(16(20)24-2)14(10-5-3-4-6-12(10)19(22)23)15-11(18-9)7-8-25-17(15)21/h3-6H,7-8H2,1-2H3. The van der Waals surface area contributed by atoms with E-state index in [9.17, 15) is 19.7 Å². The lowest BCUT2D eigenvalue weighted by Gasteiger charge is -2.21. The average Bonchev–Trinajstić information content (AvgIpc) is 2.60. The second-order valence-electron chi connectivity index (χ2n) is 5.42. The number of nitro benzene ring substituents is 1. The molecule has 0 fully saturated rings. The molecule has 8 nitrogen and oxygen atoms in total. The van der Waals surface area contributed by atoms with Gasteiger partial charge in [0.1, 0.15) is 0 Å². The number of fused-ring (bicyclic) bond motifs is 1. The van der Waals surface area contributed by atoms with E-state index in [0.717, 1.165) is 0 Å². The largest absolute Gasteiger partial charge is 0.465 e. The van der Waals surface area contributed by atoms with Crippen molar-refractivity contribution < 1.29 is 24.0 Å². The number of nitro groups is 1. The Morgan fingerprint density at radius 1 is 1.32 bits per heavy atom. The number of carbonyl (C=O) groups is 2. The summed E-state index contributed by atoms with van der Waals surface area (Å²) in [7, 11) is 1.20. The Balaban J connectivity index is 2.46. The van der Waals surface area contributed by atoms with Crippen LogP contribution in [0.1, 0.15) is 32.1 Å². The Hall–Kier alpha value is -3.29. The Morgan fingerprint density at radius 3 is 2.72 bits per heavy atom. The quantitative estimate of drug-likeness (QED) is 0.479. The van der Waals surface area contributed by atoms with E-state index in [4.69, 9.17) is 9.47 Å². The molecule has 2 heterocycles. The minimum absolute atomic E-state index is 0.0226. The Kier molecular flexibility index (Phi) is 4.18. The van der Waals surface area contributed by atoms with Crippen LogP contribution in [-0.4, -0.2) is 35.6 Å². The summed E-state index contributed by atoms with van der Waals surface area (Å²) in [6.45, 7) is 1.77. The van der Waals surface area contributed by atoms with Gasteiger partial charge in [0, 0.05) is 18.1 Å². The number of benzene rings is 1. The maximum atomic E-state index is 12.4. The highest BCUT2D eigenvalue weighted by Crippen LogP contribution is 2.38. The molecule has 0 saturated heterocycles. The number of rotatable bonds is 3. The van der Waals surface area contributed by atoms with E-state index >= 15 is 0 Å². The minimum atomic E-state index is -0.723. The summed E-state index contributed by atoms with van der Waals surface area (Å²) < 4.78 is 9.88. The maximum Gasteiger partial charge on any atom is 0.340 e. The lowest BCUT2D eigenvalue weighted by molar-refractivity contribution is -0.384. The first-order chi connectivity index (χ1) is 12.0. The predicted octanol–water partition coefficient (Wildman–Crippen LogP) is 2.46. The number of methoxy groups -OCH3 is 1. The number of cyclic esters (lactones) is 1. The van der Waals surface area contributed by atoms with Crippen molar-refractivity contribution in [3.05, 3.63) is 56.9 Å². The van der Waals surface area contributed by atoms with E-state index in [1.54, 1.807) is 13.0 Å². The number of hydrogen-bond donors (Lipinski definition) is 0. The molecule has 0 atom stereocenters. The lowest BCUT2D eigenvalue weighted by Crippen LogP contribution is -2.23. The summed E-state index contributed by atoms with van der Waals surface area (Å²) >= 11 is 0. The molecule has 25 heavy (non-hydrogen) atoms. The number of hydrogen-bond acceptors (Lipinski definition) is 7. The second kappa shape index (κ2) is 6.31. The summed E-state index contributed by atoms with van der Waals surface area (Å²) in [6, 6.07) is 5.91. The van der Waals surface area contributed by atoms with Crippen LogP contribution in [0.2, 0.25) is 0 Å². The second-order valence-corrected chi connectivity index (χ2v) is 5.42. The van der Waals surface area contributed by atoms with Gasteiger partial charge in [0.25, 0.3) is 5.69 Å². The molecular formula is C17H14N2O6. The fourth-order valence-electron chi connectivity index (χ4n) is 2.94. The Labute approximate surface area is 142 Å². The first-order valence-corrected chi connectivity index (χ1v) is 7.48. The number of aromatic nitrogens is 1. The summed E-state index contributed by atoms with van der Waals surface area (Å²) in [5, 5.41) is 11.4. The van der Waals surface area contributed by atoms with Crippen LogP contribution in [0, 0.1) is 17.0 Å². The average molecular weight is 342 g/mol. The smallest absolute Gasteiger partial charge is 0.340 e. The zero-order valence-corrected chi connectivity index (χ0v) is 13.6. The Morgan fingerprint density at radius 2 is 2.04 bits per heavy atom. The first kappa shape index (κ1) is 16.6. The zero-order valence-electron chi connectivity index (χ0n) is 13.6. The molecule has 8 heteroatoms. The molecule has 3 rings (SSSR count). The summed E-state index contributed by atoms with van der Waals surface area (Å²) in [5.74, 6) is -1.38. The van der Waals surface area contributed by atoms with E-state index < -0.39 is 16.9 Å². The molecule has 0 saturated carbocycles. The number of para-hydroxylation sites is 1. The van der Waals surface area contributed by atoms with Crippen molar-refractivity contribution in [1.29, 1.82) is 0 Å². The third-order valence-electron chi connectivity index (χ3n) is 3.99. The van der Waals surface area contributed by atoms with Gasteiger partial charge in [-0.1, -0.05) is 12.1 Å². The van der Waals surface area contributed by atoms with Crippen LogP contribution in [0.3, 0.4) is 0 Å². The topological polar surface area (TPSA) is 109 Å². The van der Waals surface area contributed by atoms with E-state index in [-0.39, 0.29) is 34.5 Å². The van der Waals surface area contributed by atoms with Crippen LogP contribution in [0.5, 0.6) is 0 Å². The van der Waals surface area contributed by atoms with Crippen LogP contribution >= 0.6 is 0 Å². The Bertz CT molecular complexity index is 906. The molecule has 0 N–H and O–H groups in total. The van der Waals surface area contributed by atoms with Crippen LogP contribution in [-0.2, 0) is 15.9 Å². The maximum absolute atomic E-state index is 12.4. The molecular weight excluding hydrogens is 328 g/mol. The highest BCUT2D eigenvalue weighted by Gasteiger charge is 2.33. The fraction of sp³-hybridized carbons (Fsp3) is 0.235. The van der Waals surface area contributed by atoms with Gasteiger partial charge in [-0.15, -0.1) is 0 Å². The van der Waals surface area contributed by atoms with Crippen molar-refractivity contribution in [2.24, 2.45) is 0 Å². The highest BCUT2D eigenvalue weighted by atomic mass is 16.6. The molecule has 128 valence electrons. The van der Waals surface area contributed by atoms with Crippen molar-refractivity contribution in [2.45, 2.75) is 13.3 Å². The fourth-order valence-corrected chi connectivity index (χ4v) is 2.94. The van der Waals surface area contributed by atoms with Gasteiger partial charge in [0.05, 0.1) is 46.7 Å². The minimum Gasteiger partial charge on any atom is -0.465 e. The van der Waals surface area contributed by atoms with Crippen LogP contribution in [0.4, 0.5) is 5.69 Å². The third-order valence-corrected chi connectivity index (χ3v) is 3.99. The first-order valence-electron chi connectivity index (χ1n) is 7.48. The molecule has 1 aliphatic heterocycles. The van der Waals surface area contributed by atoms with Gasteiger partial charge >= 0.3 is 11.9 Å². The summed E-state index contributed by atoms with van der Waals surface area (Å²) in [4.78, 5) is 39.9. The van der Waals surface area contributed by atoms with Gasteiger partial charge in [-0.25, -0.2) is 9.59 Å². The molecule has 1 aromatic heterocycles. The molecule has 0 bridgehead atoms. The molecule has 1 aromatic carbocycles. The number of pyridine rings is 1. The molecule has 0 aliphatic carbocycles. The molecule has 2 aromatic rings. The normalized spacial score (nSPS) is 13.0. The van der Waals surface area contributed by atoms with E-state index in [1.807, 2.05) is 0 Å². The van der Waals surface area contributed by atoms with E-state index in [2.05, 4.69) is 4.98 Å². The molecule has 0 spiro atoms. The predicted molar refractivity (Wildman–Crippen MR) is 86.4 cm³/mol. The number of carbonyl (C=O) groups excluding carboxylic acids is 2. The zero-order chi connectivity index (χ0) is 18.1. The van der Waals surface area contributed by atoms with E-state index in [0.29, 0.717) is 17.8 Å². The molecule has 0 amide bonds. The van der Waals surface area contributed by atoms with Crippen LogP contribution < -0.4 is 0 Å². The van der Waals surface area contributed by atoms with E-state index in [1.165, 1.54) is 25.3 Å². The third kappa shape index (κ3) is 2.71.